The third-order valence-corrected chi connectivity index (χ3v) is 5.16. The first kappa shape index (κ1) is 19.0. The highest BCUT2D eigenvalue weighted by Gasteiger charge is 2.29. The number of hydrogen-bond donors (Lipinski definition) is 2. The molecule has 1 aromatic carbocycles. The van der Waals surface area contributed by atoms with Gasteiger partial charge in [-0.2, -0.15) is 0 Å². The van der Waals surface area contributed by atoms with Crippen molar-refractivity contribution in [2.45, 2.75) is 19.4 Å². The molecule has 148 valence electrons. The van der Waals surface area contributed by atoms with Gasteiger partial charge in [-0.3, -0.25) is 9.89 Å². The summed E-state index contributed by atoms with van der Waals surface area (Å²) in [5, 5.41) is 9.72. The minimum Gasteiger partial charge on any atom is -0.474 e. The number of hydrogen-bond acceptors (Lipinski definition) is 6. The number of ether oxygens (including phenoxy) is 1. The molecule has 0 unspecified atom stereocenters. The fourth-order valence-electron chi connectivity index (χ4n) is 3.07. The number of aryl methyl sites for hydroxylation is 1. The van der Waals surface area contributed by atoms with Crippen LogP contribution in [0.25, 0.3) is 0 Å². The number of benzene rings is 1. The minimum absolute atomic E-state index is 0.0668. The molecule has 0 aliphatic carbocycles. The van der Waals surface area contributed by atoms with E-state index in [0.717, 1.165) is 16.8 Å². The van der Waals surface area contributed by atoms with Crippen molar-refractivity contribution in [3.8, 4) is 5.88 Å². The topological polar surface area (TPSA) is 96.0 Å². The van der Waals surface area contributed by atoms with E-state index >= 15 is 0 Å². The van der Waals surface area contributed by atoms with Gasteiger partial charge in [0, 0.05) is 19.7 Å². The molecule has 0 spiro atoms. The Morgan fingerprint density at radius 1 is 1.38 bits per heavy atom. The Labute approximate surface area is 173 Å². The third kappa shape index (κ3) is 4.09. The number of fused-ring (bicyclic) bond motifs is 1. The van der Waals surface area contributed by atoms with Gasteiger partial charge < -0.3 is 15.0 Å². The van der Waals surface area contributed by atoms with Crippen molar-refractivity contribution in [2.24, 2.45) is 0 Å². The number of nitrogens with zero attached hydrogens (tertiary/aromatic N) is 4. The molecule has 0 fully saturated rings. The van der Waals surface area contributed by atoms with Crippen LogP contribution in [0.1, 0.15) is 27.6 Å². The molecule has 0 saturated heterocycles. The van der Waals surface area contributed by atoms with Gasteiger partial charge in [-0.15, -0.1) is 5.10 Å². The number of pyridine rings is 1. The molecule has 1 aliphatic rings. The SMILES string of the molecule is Cc1cnc2c(c1)N(C)C(=S)[C@H](NC(=O)c1n[nH]c(Cc3ccccc3)n1)CO2. The predicted octanol–water partition coefficient (Wildman–Crippen LogP) is 2.05. The van der Waals surface area contributed by atoms with E-state index in [9.17, 15) is 4.79 Å². The molecule has 1 aliphatic heterocycles. The van der Waals surface area contributed by atoms with Crippen LogP contribution in [0.5, 0.6) is 5.88 Å². The second-order valence-corrected chi connectivity index (χ2v) is 7.26. The van der Waals surface area contributed by atoms with E-state index in [-0.39, 0.29) is 12.4 Å². The zero-order chi connectivity index (χ0) is 20.4. The quantitative estimate of drug-likeness (QED) is 0.638. The fraction of sp³-hybridized carbons (Fsp3) is 0.250. The van der Waals surface area contributed by atoms with E-state index in [4.69, 9.17) is 17.0 Å². The first-order valence-electron chi connectivity index (χ1n) is 9.14. The minimum atomic E-state index is -0.506. The van der Waals surface area contributed by atoms with Gasteiger partial charge in [-0.05, 0) is 24.1 Å². The lowest BCUT2D eigenvalue weighted by atomic mass is 10.1. The number of rotatable bonds is 4. The number of likely N-dealkylation sites (N-methyl/N-ethyl adjacent to an activating group) is 1. The van der Waals surface area contributed by atoms with Crippen molar-refractivity contribution in [3.63, 3.8) is 0 Å². The van der Waals surface area contributed by atoms with Gasteiger partial charge in [-0.25, -0.2) is 9.97 Å². The van der Waals surface area contributed by atoms with Crippen molar-refractivity contribution in [1.29, 1.82) is 0 Å². The van der Waals surface area contributed by atoms with Crippen LogP contribution in [0.4, 0.5) is 5.69 Å². The number of thiocarbonyl (C=S) groups is 1. The molecular formula is C20H20N6O2S. The second kappa shape index (κ2) is 7.96. The molecule has 8 nitrogen and oxygen atoms in total. The van der Waals surface area contributed by atoms with Gasteiger partial charge in [0.2, 0.25) is 11.7 Å². The molecule has 1 amide bonds. The maximum Gasteiger partial charge on any atom is 0.291 e. The summed E-state index contributed by atoms with van der Waals surface area (Å²) >= 11 is 5.57. The maximum atomic E-state index is 12.7. The molecule has 2 aromatic heterocycles. The average Bonchev–Trinajstić information content (AvgIpc) is 3.16. The lowest BCUT2D eigenvalue weighted by molar-refractivity contribution is 0.0927. The second-order valence-electron chi connectivity index (χ2n) is 6.84. The Balaban J connectivity index is 1.45. The van der Waals surface area contributed by atoms with Crippen molar-refractivity contribution in [3.05, 3.63) is 65.4 Å². The van der Waals surface area contributed by atoms with Crippen molar-refractivity contribution in [1.82, 2.24) is 25.5 Å². The monoisotopic (exact) mass is 408 g/mol. The van der Waals surface area contributed by atoms with E-state index in [2.05, 4.69) is 25.5 Å². The lowest BCUT2D eigenvalue weighted by Gasteiger charge is -2.23. The molecule has 3 aromatic rings. The Morgan fingerprint density at radius 3 is 2.97 bits per heavy atom. The maximum absolute atomic E-state index is 12.7. The summed E-state index contributed by atoms with van der Waals surface area (Å²) in [6.07, 6.45) is 2.30. The van der Waals surface area contributed by atoms with Gasteiger partial charge >= 0.3 is 0 Å². The number of anilines is 1. The van der Waals surface area contributed by atoms with Crippen molar-refractivity contribution >= 4 is 28.8 Å². The van der Waals surface area contributed by atoms with Crippen molar-refractivity contribution in [2.75, 3.05) is 18.6 Å². The summed E-state index contributed by atoms with van der Waals surface area (Å²) in [7, 11) is 1.83. The fourth-order valence-corrected chi connectivity index (χ4v) is 3.30. The number of aromatic amines is 1. The number of nitrogens with one attached hydrogen (secondary N) is 2. The number of carbonyl (C=O) groups excluding carboxylic acids is 1. The predicted molar refractivity (Wildman–Crippen MR) is 112 cm³/mol. The van der Waals surface area contributed by atoms with E-state index in [1.165, 1.54) is 0 Å². The molecule has 0 bridgehead atoms. The zero-order valence-corrected chi connectivity index (χ0v) is 16.9. The molecule has 9 heteroatoms. The van der Waals surface area contributed by atoms with Crippen LogP contribution in [0.3, 0.4) is 0 Å². The van der Waals surface area contributed by atoms with Crippen LogP contribution >= 0.6 is 12.2 Å². The highest BCUT2D eigenvalue weighted by atomic mass is 32.1. The normalized spacial score (nSPS) is 16.0. The Morgan fingerprint density at radius 2 is 2.17 bits per heavy atom. The van der Waals surface area contributed by atoms with E-state index in [1.807, 2.05) is 50.4 Å². The van der Waals surface area contributed by atoms with Gasteiger partial charge in [0.05, 0.1) is 0 Å². The Bertz CT molecular complexity index is 1050. The Hall–Kier alpha value is -3.33. The third-order valence-electron chi connectivity index (χ3n) is 4.60. The molecule has 2 N–H and O–H groups in total. The number of carbonyl (C=O) groups is 1. The van der Waals surface area contributed by atoms with E-state index in [1.54, 1.807) is 11.1 Å². The molecule has 1 atom stereocenters. The summed E-state index contributed by atoms with van der Waals surface area (Å²) in [4.78, 5) is 23.6. The van der Waals surface area contributed by atoms with Gasteiger partial charge in [0.25, 0.3) is 5.91 Å². The van der Waals surface area contributed by atoms with Crippen LogP contribution < -0.4 is 15.0 Å². The van der Waals surface area contributed by atoms with Crippen LogP contribution in [0.2, 0.25) is 0 Å². The summed E-state index contributed by atoms with van der Waals surface area (Å²) in [5.74, 6) is 0.752. The summed E-state index contributed by atoms with van der Waals surface area (Å²) < 4.78 is 5.77. The standard InChI is InChI=1S/C20H20N6O2S/c1-12-8-15-19(21-10-12)28-11-14(20(29)26(15)2)22-18(27)17-23-16(24-25-17)9-13-6-4-3-5-7-13/h3-8,10,14H,9,11H2,1-2H3,(H,22,27)(H,23,24,25)/t14-/m1/s1. The molecule has 3 heterocycles. The first-order chi connectivity index (χ1) is 14.0. The number of amides is 1. The van der Waals surface area contributed by atoms with E-state index < -0.39 is 11.9 Å². The number of aromatic nitrogens is 4. The molecule has 4 rings (SSSR count). The summed E-state index contributed by atoms with van der Waals surface area (Å²) in [6, 6.07) is 11.3. The Kier molecular flexibility index (Phi) is 5.22. The van der Waals surface area contributed by atoms with Crippen LogP contribution in [-0.2, 0) is 6.42 Å². The van der Waals surface area contributed by atoms with Gasteiger partial charge in [-0.1, -0.05) is 42.5 Å². The van der Waals surface area contributed by atoms with Gasteiger partial charge in [0.15, 0.2) is 0 Å². The average molecular weight is 408 g/mol. The molecule has 0 saturated carbocycles. The zero-order valence-electron chi connectivity index (χ0n) is 16.0. The smallest absolute Gasteiger partial charge is 0.291 e. The highest BCUT2D eigenvalue weighted by Crippen LogP contribution is 2.29. The largest absolute Gasteiger partial charge is 0.474 e. The van der Waals surface area contributed by atoms with Crippen LogP contribution in [0, 0.1) is 6.92 Å². The number of H-pyrrole nitrogens is 1. The summed E-state index contributed by atoms with van der Waals surface area (Å²) in [6.45, 7) is 2.13. The molecular weight excluding hydrogens is 388 g/mol. The van der Waals surface area contributed by atoms with Gasteiger partial charge in [0.1, 0.15) is 29.1 Å². The van der Waals surface area contributed by atoms with E-state index in [0.29, 0.717) is 23.1 Å². The lowest BCUT2D eigenvalue weighted by Crippen LogP contribution is -2.48. The molecule has 29 heavy (non-hydrogen) atoms. The van der Waals surface area contributed by atoms with Crippen LogP contribution in [0.15, 0.2) is 42.6 Å². The highest BCUT2D eigenvalue weighted by molar-refractivity contribution is 7.80. The van der Waals surface area contributed by atoms with Crippen molar-refractivity contribution < 1.29 is 9.53 Å². The summed E-state index contributed by atoms with van der Waals surface area (Å²) in [5.41, 5.74) is 2.85. The molecule has 0 radical (unpaired) electrons. The first-order valence-corrected chi connectivity index (χ1v) is 9.55. The van der Waals surface area contributed by atoms with Crippen LogP contribution in [-0.4, -0.2) is 50.8 Å².